The van der Waals surface area contributed by atoms with Crippen molar-refractivity contribution in [3.63, 3.8) is 0 Å². The second kappa shape index (κ2) is 8.51. The molecule has 0 spiro atoms. The van der Waals surface area contributed by atoms with E-state index in [2.05, 4.69) is 63.2 Å². The predicted octanol–water partition coefficient (Wildman–Crippen LogP) is 6.59. The van der Waals surface area contributed by atoms with E-state index >= 15 is 0 Å². The molecular weight excluding hydrogens is 430 g/mol. The summed E-state index contributed by atoms with van der Waals surface area (Å²) in [7, 11) is 1.90. The minimum Gasteiger partial charge on any atom is -0.386 e. The molecule has 0 radical (unpaired) electrons. The molecule has 0 bridgehead atoms. The molecule has 35 heavy (non-hydrogen) atoms. The Morgan fingerprint density at radius 1 is 0.971 bits per heavy atom. The molecule has 172 valence electrons. The number of fused-ring (bicyclic) bond motifs is 2. The summed E-state index contributed by atoms with van der Waals surface area (Å²) in [6, 6.07) is 17.3. The second-order valence-electron chi connectivity index (χ2n) is 9.21. The summed E-state index contributed by atoms with van der Waals surface area (Å²) >= 11 is 0. The number of anilines is 1. The molecule has 0 amide bonds. The smallest absolute Gasteiger partial charge is 0.138 e. The molecule has 0 aliphatic heterocycles. The number of aryl methyl sites for hydroxylation is 3. The molecule has 0 unspecified atom stereocenters. The van der Waals surface area contributed by atoms with Gasteiger partial charge in [-0.05, 0) is 84.3 Å². The van der Waals surface area contributed by atoms with Crippen LogP contribution in [0.4, 0.5) is 5.69 Å². The number of aromatic nitrogens is 4. The highest BCUT2D eigenvalue weighted by atomic mass is 14.9. The lowest BCUT2D eigenvalue weighted by Gasteiger charge is -2.12. The normalized spacial score (nSPS) is 12.6. The van der Waals surface area contributed by atoms with Crippen LogP contribution in [0.25, 0.3) is 39.0 Å². The van der Waals surface area contributed by atoms with Crippen molar-refractivity contribution in [1.29, 1.82) is 0 Å². The Balaban J connectivity index is 1.43. The highest BCUT2D eigenvalue weighted by molar-refractivity contribution is 5.97. The summed E-state index contributed by atoms with van der Waals surface area (Å²) in [5, 5.41) is 4.35. The largest absolute Gasteiger partial charge is 0.386 e. The number of aromatic amines is 1. The lowest BCUT2D eigenvalue weighted by Crippen LogP contribution is -2.00. The van der Waals surface area contributed by atoms with Gasteiger partial charge in [0.1, 0.15) is 5.65 Å². The first-order chi connectivity index (χ1) is 17.1. The number of nitrogens with zero attached hydrogens (tertiary/aromatic N) is 3. The topological polar surface area (TPSA) is 66.5 Å². The Labute approximate surface area is 205 Å². The van der Waals surface area contributed by atoms with E-state index in [1.54, 1.807) is 0 Å². The van der Waals surface area contributed by atoms with Crippen LogP contribution in [0, 0.1) is 6.92 Å². The van der Waals surface area contributed by atoms with Gasteiger partial charge in [-0.15, -0.1) is 0 Å². The van der Waals surface area contributed by atoms with Crippen molar-refractivity contribution < 1.29 is 0 Å². The fraction of sp³-hybridized carbons (Fsp3) is 0.167. The monoisotopic (exact) mass is 457 g/mol. The molecule has 0 fully saturated rings. The lowest BCUT2D eigenvalue weighted by atomic mass is 9.99. The van der Waals surface area contributed by atoms with Crippen molar-refractivity contribution in [2.75, 3.05) is 12.4 Å². The zero-order valence-corrected chi connectivity index (χ0v) is 20.0. The number of nitrogens with one attached hydrogen (secondary N) is 2. The highest BCUT2D eigenvalue weighted by Crippen LogP contribution is 2.35. The lowest BCUT2D eigenvalue weighted by molar-refractivity contribution is 0.912. The zero-order valence-electron chi connectivity index (χ0n) is 20.0. The average Bonchev–Trinajstić information content (AvgIpc) is 3.54. The minimum absolute atomic E-state index is 0.803. The van der Waals surface area contributed by atoms with Crippen LogP contribution in [-0.2, 0) is 12.8 Å². The molecule has 0 saturated heterocycles. The van der Waals surface area contributed by atoms with Gasteiger partial charge in [0.15, 0.2) is 0 Å². The third kappa shape index (κ3) is 3.79. The number of rotatable bonds is 5. The van der Waals surface area contributed by atoms with E-state index < -0.39 is 0 Å². The van der Waals surface area contributed by atoms with Crippen molar-refractivity contribution in [2.45, 2.75) is 26.2 Å². The maximum Gasteiger partial charge on any atom is 0.138 e. The summed E-state index contributed by atoms with van der Waals surface area (Å²) in [4.78, 5) is 17.4. The van der Waals surface area contributed by atoms with Gasteiger partial charge in [0.05, 0.1) is 17.1 Å². The van der Waals surface area contributed by atoms with Gasteiger partial charge >= 0.3 is 0 Å². The molecule has 1 aromatic carbocycles. The number of hydrogen-bond donors (Lipinski definition) is 2. The van der Waals surface area contributed by atoms with Crippen LogP contribution in [0.15, 0.2) is 73.7 Å². The third-order valence-electron chi connectivity index (χ3n) is 6.89. The van der Waals surface area contributed by atoms with Crippen molar-refractivity contribution >= 4 is 22.3 Å². The summed E-state index contributed by atoms with van der Waals surface area (Å²) in [6.45, 7) is 6.46. The van der Waals surface area contributed by atoms with E-state index in [0.29, 0.717) is 0 Å². The predicted molar refractivity (Wildman–Crippen MR) is 143 cm³/mol. The van der Waals surface area contributed by atoms with Gasteiger partial charge in [0.25, 0.3) is 0 Å². The summed E-state index contributed by atoms with van der Waals surface area (Å²) in [5.41, 5.74) is 12.6. The van der Waals surface area contributed by atoms with E-state index in [1.165, 1.54) is 35.1 Å². The molecule has 5 nitrogen and oxygen atoms in total. The molecule has 0 saturated carbocycles. The minimum atomic E-state index is 0.803. The molecular formula is C30H27N5. The van der Waals surface area contributed by atoms with Gasteiger partial charge in [-0.2, -0.15) is 0 Å². The van der Waals surface area contributed by atoms with Gasteiger partial charge in [0, 0.05) is 47.9 Å². The molecule has 0 atom stereocenters. The number of benzene rings is 1. The Bertz CT molecular complexity index is 1590. The van der Waals surface area contributed by atoms with Crippen LogP contribution in [-0.4, -0.2) is 27.0 Å². The number of hydrogen-bond acceptors (Lipinski definition) is 4. The van der Waals surface area contributed by atoms with Crippen molar-refractivity contribution in [1.82, 2.24) is 19.9 Å². The molecule has 6 rings (SSSR count). The molecule has 1 aliphatic rings. The van der Waals surface area contributed by atoms with Crippen LogP contribution in [0.5, 0.6) is 0 Å². The van der Waals surface area contributed by atoms with Crippen LogP contribution < -0.4 is 5.32 Å². The molecule has 4 heterocycles. The van der Waals surface area contributed by atoms with E-state index in [1.807, 2.05) is 44.7 Å². The van der Waals surface area contributed by atoms with Gasteiger partial charge in [-0.1, -0.05) is 24.8 Å². The van der Waals surface area contributed by atoms with Crippen LogP contribution in [0.3, 0.4) is 0 Å². The maximum atomic E-state index is 4.98. The zero-order chi connectivity index (χ0) is 23.9. The Morgan fingerprint density at radius 3 is 2.71 bits per heavy atom. The van der Waals surface area contributed by atoms with Gasteiger partial charge in [0.2, 0.25) is 0 Å². The fourth-order valence-corrected chi connectivity index (χ4v) is 5.05. The standard InChI is InChI=1S/C30H27N5/c1-18-13-23(17-32-16-18)26-9-10-27(31-3)29(34-26)19(2)28-15-25-24(11-12-33-30(25)35-28)22-8-7-20-5-4-6-21(20)14-22/h7-17,31H,2,4-6H2,1,3H3,(H,33,35). The van der Waals surface area contributed by atoms with E-state index in [-0.39, 0.29) is 0 Å². The van der Waals surface area contributed by atoms with E-state index in [4.69, 9.17) is 4.98 Å². The van der Waals surface area contributed by atoms with E-state index in [0.717, 1.165) is 56.9 Å². The Kier molecular flexibility index (Phi) is 5.18. The van der Waals surface area contributed by atoms with Gasteiger partial charge in [-0.3, -0.25) is 4.98 Å². The SMILES string of the molecule is C=C(c1cc2c(-c3ccc4c(c3)CCC4)ccnc2[nH]1)c1nc(-c2cncc(C)c2)ccc1NC. The van der Waals surface area contributed by atoms with Crippen LogP contribution >= 0.6 is 0 Å². The van der Waals surface area contributed by atoms with Crippen molar-refractivity contribution in [3.05, 3.63) is 102 Å². The van der Waals surface area contributed by atoms with Gasteiger partial charge in [-0.25, -0.2) is 9.97 Å². The molecule has 5 heteroatoms. The second-order valence-corrected chi connectivity index (χ2v) is 9.21. The Morgan fingerprint density at radius 2 is 1.86 bits per heavy atom. The average molecular weight is 458 g/mol. The molecule has 5 aromatic rings. The third-order valence-corrected chi connectivity index (χ3v) is 6.89. The molecule has 4 aromatic heterocycles. The van der Waals surface area contributed by atoms with Crippen LogP contribution in [0.1, 0.15) is 34.5 Å². The summed E-state index contributed by atoms with van der Waals surface area (Å²) < 4.78 is 0. The van der Waals surface area contributed by atoms with Crippen molar-refractivity contribution in [2.24, 2.45) is 0 Å². The summed E-state index contributed by atoms with van der Waals surface area (Å²) in [5.74, 6) is 0. The molecule has 2 N–H and O–H groups in total. The quantitative estimate of drug-likeness (QED) is 0.313. The van der Waals surface area contributed by atoms with Crippen LogP contribution in [0.2, 0.25) is 0 Å². The first-order valence-corrected chi connectivity index (χ1v) is 12.0. The number of H-pyrrole nitrogens is 1. The first kappa shape index (κ1) is 21.3. The summed E-state index contributed by atoms with van der Waals surface area (Å²) in [6.07, 6.45) is 9.16. The first-order valence-electron chi connectivity index (χ1n) is 12.0. The maximum absolute atomic E-state index is 4.98. The van der Waals surface area contributed by atoms with Crippen molar-refractivity contribution in [3.8, 4) is 22.4 Å². The highest BCUT2D eigenvalue weighted by Gasteiger charge is 2.17. The van der Waals surface area contributed by atoms with Gasteiger partial charge < -0.3 is 10.3 Å². The number of pyridine rings is 3. The van der Waals surface area contributed by atoms with E-state index in [9.17, 15) is 0 Å². The fourth-order valence-electron chi connectivity index (χ4n) is 5.05. The molecule has 1 aliphatic carbocycles. The Hall–Kier alpha value is -4.25.